The van der Waals surface area contributed by atoms with Gasteiger partial charge in [0, 0.05) is 19.7 Å². The second-order valence-corrected chi connectivity index (χ2v) is 7.95. The van der Waals surface area contributed by atoms with Crippen LogP contribution in [0.25, 0.3) is 0 Å². The molecule has 0 fully saturated rings. The number of thiophene rings is 1. The Hall–Kier alpha value is -2.18. The Labute approximate surface area is 165 Å². The van der Waals surface area contributed by atoms with Crippen molar-refractivity contribution in [2.75, 3.05) is 27.2 Å². The Balaban J connectivity index is 2.03. The van der Waals surface area contributed by atoms with E-state index < -0.39 is 0 Å². The highest BCUT2D eigenvalue weighted by Crippen LogP contribution is 2.25. The van der Waals surface area contributed by atoms with Crippen LogP contribution in [0, 0.1) is 0 Å². The minimum atomic E-state index is -0.136. The third-order valence-electron chi connectivity index (χ3n) is 4.80. The lowest BCUT2D eigenvalue weighted by molar-refractivity contribution is -0.676. The molecule has 0 saturated carbocycles. The molecule has 0 aliphatic heterocycles. The Kier molecular flexibility index (Phi) is 8.00. The second-order valence-electron chi connectivity index (χ2n) is 6.97. The molecule has 0 spiro atoms. The SMILES string of the molecule is CC[C@H](C)c1ccc([C@H]([NH2+]CC(=O)NCC(=O)N(C)C)c2cccs2)cc1. The fourth-order valence-electron chi connectivity index (χ4n) is 2.78. The Morgan fingerprint density at radius 3 is 2.37 bits per heavy atom. The average molecular weight is 389 g/mol. The maximum absolute atomic E-state index is 12.1. The number of carbonyl (C=O) groups is 2. The summed E-state index contributed by atoms with van der Waals surface area (Å²) in [7, 11) is 3.35. The predicted molar refractivity (Wildman–Crippen MR) is 110 cm³/mol. The quantitative estimate of drug-likeness (QED) is 0.691. The van der Waals surface area contributed by atoms with Crippen molar-refractivity contribution in [3.8, 4) is 0 Å². The number of amides is 2. The van der Waals surface area contributed by atoms with Crippen LogP contribution in [-0.4, -0.2) is 43.9 Å². The van der Waals surface area contributed by atoms with E-state index in [1.807, 2.05) is 11.4 Å². The zero-order valence-electron chi connectivity index (χ0n) is 16.6. The zero-order valence-corrected chi connectivity index (χ0v) is 17.4. The van der Waals surface area contributed by atoms with Gasteiger partial charge in [-0.15, -0.1) is 11.3 Å². The van der Waals surface area contributed by atoms with Crippen molar-refractivity contribution >= 4 is 23.2 Å². The number of hydrogen-bond donors (Lipinski definition) is 2. The first-order valence-electron chi connectivity index (χ1n) is 9.35. The van der Waals surface area contributed by atoms with Crippen molar-refractivity contribution < 1.29 is 14.9 Å². The van der Waals surface area contributed by atoms with Gasteiger partial charge in [-0.25, -0.2) is 0 Å². The van der Waals surface area contributed by atoms with Crippen LogP contribution in [0.1, 0.15) is 48.2 Å². The lowest BCUT2D eigenvalue weighted by atomic mass is 9.95. The maximum Gasteiger partial charge on any atom is 0.275 e. The molecule has 0 unspecified atom stereocenters. The van der Waals surface area contributed by atoms with Gasteiger partial charge in [-0.05, 0) is 29.3 Å². The predicted octanol–water partition coefficient (Wildman–Crippen LogP) is 2.12. The van der Waals surface area contributed by atoms with Crippen molar-refractivity contribution in [3.05, 3.63) is 57.8 Å². The molecular weight excluding hydrogens is 358 g/mol. The van der Waals surface area contributed by atoms with Gasteiger partial charge in [0.15, 0.2) is 6.54 Å². The van der Waals surface area contributed by atoms with Gasteiger partial charge in [-0.1, -0.05) is 44.2 Å². The molecular formula is C21H30N3O2S+. The van der Waals surface area contributed by atoms with E-state index in [1.54, 1.807) is 25.4 Å². The van der Waals surface area contributed by atoms with Crippen LogP contribution in [0.2, 0.25) is 0 Å². The van der Waals surface area contributed by atoms with Gasteiger partial charge in [-0.2, -0.15) is 0 Å². The van der Waals surface area contributed by atoms with Crippen molar-refractivity contribution in [2.45, 2.75) is 32.2 Å². The van der Waals surface area contributed by atoms with Crippen LogP contribution in [0.5, 0.6) is 0 Å². The normalized spacial score (nSPS) is 13.0. The summed E-state index contributed by atoms with van der Waals surface area (Å²) < 4.78 is 0. The van der Waals surface area contributed by atoms with Crippen molar-refractivity contribution in [1.82, 2.24) is 10.2 Å². The topological polar surface area (TPSA) is 66.0 Å². The third-order valence-corrected chi connectivity index (χ3v) is 5.76. The smallest absolute Gasteiger partial charge is 0.275 e. The fourth-order valence-corrected chi connectivity index (χ4v) is 3.63. The molecule has 5 nitrogen and oxygen atoms in total. The number of nitrogens with two attached hydrogens (primary N) is 1. The van der Waals surface area contributed by atoms with E-state index in [2.05, 4.69) is 54.9 Å². The first-order valence-corrected chi connectivity index (χ1v) is 10.2. The maximum atomic E-state index is 12.1. The molecule has 2 amide bonds. The Morgan fingerprint density at radius 2 is 1.81 bits per heavy atom. The van der Waals surface area contributed by atoms with Crippen LogP contribution in [0.15, 0.2) is 41.8 Å². The van der Waals surface area contributed by atoms with Crippen LogP contribution >= 0.6 is 11.3 Å². The Morgan fingerprint density at radius 1 is 1.15 bits per heavy atom. The van der Waals surface area contributed by atoms with Crippen LogP contribution in [0.3, 0.4) is 0 Å². The highest BCUT2D eigenvalue weighted by Gasteiger charge is 2.20. The molecule has 27 heavy (non-hydrogen) atoms. The van der Waals surface area contributed by atoms with Gasteiger partial charge in [0.05, 0.1) is 11.4 Å². The van der Waals surface area contributed by atoms with Gasteiger partial charge in [-0.3, -0.25) is 9.59 Å². The summed E-state index contributed by atoms with van der Waals surface area (Å²) in [6.07, 6.45) is 1.12. The van der Waals surface area contributed by atoms with Crippen molar-refractivity contribution in [2.24, 2.45) is 0 Å². The summed E-state index contributed by atoms with van der Waals surface area (Å²) in [4.78, 5) is 26.4. The van der Waals surface area contributed by atoms with Crippen molar-refractivity contribution in [3.63, 3.8) is 0 Å². The lowest BCUT2D eigenvalue weighted by Gasteiger charge is -2.16. The van der Waals surface area contributed by atoms with Gasteiger partial charge in [0.1, 0.15) is 6.04 Å². The number of hydrogen-bond acceptors (Lipinski definition) is 3. The second kappa shape index (κ2) is 10.2. The van der Waals surface area contributed by atoms with E-state index in [4.69, 9.17) is 0 Å². The molecule has 6 heteroatoms. The summed E-state index contributed by atoms with van der Waals surface area (Å²) in [5.41, 5.74) is 2.52. The number of nitrogens with zero attached hydrogens (tertiary/aromatic N) is 1. The molecule has 1 heterocycles. The van der Waals surface area contributed by atoms with E-state index in [1.165, 1.54) is 20.9 Å². The summed E-state index contributed by atoms with van der Waals surface area (Å²) in [5, 5.41) is 6.77. The number of likely N-dealkylation sites (N-methyl/N-ethyl adjacent to an activating group) is 1. The number of benzene rings is 1. The monoisotopic (exact) mass is 388 g/mol. The average Bonchev–Trinajstić information content (AvgIpc) is 3.20. The van der Waals surface area contributed by atoms with Crippen LogP contribution in [0.4, 0.5) is 0 Å². The molecule has 0 bridgehead atoms. The highest BCUT2D eigenvalue weighted by molar-refractivity contribution is 7.10. The molecule has 1 aromatic carbocycles. The minimum absolute atomic E-state index is 0.0347. The van der Waals surface area contributed by atoms with Gasteiger partial charge in [0.2, 0.25) is 5.91 Å². The van der Waals surface area contributed by atoms with Crippen LogP contribution < -0.4 is 10.6 Å². The number of nitrogens with one attached hydrogen (secondary N) is 1. The molecule has 0 aliphatic rings. The molecule has 146 valence electrons. The lowest BCUT2D eigenvalue weighted by Crippen LogP contribution is -2.87. The molecule has 0 radical (unpaired) electrons. The highest BCUT2D eigenvalue weighted by atomic mass is 32.1. The fraction of sp³-hybridized carbons (Fsp3) is 0.429. The molecule has 2 atom stereocenters. The van der Waals surface area contributed by atoms with Crippen molar-refractivity contribution in [1.29, 1.82) is 0 Å². The van der Waals surface area contributed by atoms with Gasteiger partial charge < -0.3 is 15.5 Å². The van der Waals surface area contributed by atoms with E-state index in [9.17, 15) is 9.59 Å². The number of carbonyl (C=O) groups excluding carboxylic acids is 2. The van der Waals surface area contributed by atoms with E-state index >= 15 is 0 Å². The molecule has 2 aromatic rings. The van der Waals surface area contributed by atoms with E-state index in [0.717, 1.165) is 6.42 Å². The number of quaternary nitrogens is 1. The van der Waals surface area contributed by atoms with Gasteiger partial charge >= 0.3 is 0 Å². The van der Waals surface area contributed by atoms with E-state index in [-0.39, 0.29) is 30.9 Å². The first kappa shape index (κ1) is 21.1. The molecule has 3 N–H and O–H groups in total. The largest absolute Gasteiger partial charge is 0.347 e. The molecule has 1 aromatic heterocycles. The third kappa shape index (κ3) is 6.19. The number of rotatable bonds is 9. The zero-order chi connectivity index (χ0) is 19.8. The van der Waals surface area contributed by atoms with Gasteiger partial charge in [0.25, 0.3) is 5.91 Å². The summed E-state index contributed by atoms with van der Waals surface area (Å²) in [6.45, 7) is 4.74. The minimum Gasteiger partial charge on any atom is -0.347 e. The standard InChI is InChI=1S/C21H29N3O2S/c1-5-15(2)16-8-10-17(11-9-16)21(18-7-6-12-27-18)23-13-19(25)22-14-20(26)24(3)4/h6-12,15,21,23H,5,13-14H2,1-4H3,(H,22,25)/p+1/t15-,21-/m0/s1. The van der Waals surface area contributed by atoms with E-state index in [0.29, 0.717) is 5.92 Å². The first-order chi connectivity index (χ1) is 12.9. The van der Waals surface area contributed by atoms with Crippen LogP contribution in [-0.2, 0) is 9.59 Å². The summed E-state index contributed by atoms with van der Waals surface area (Å²) in [6, 6.07) is 12.9. The summed E-state index contributed by atoms with van der Waals surface area (Å²) in [5.74, 6) is 0.296. The molecule has 2 rings (SSSR count). The Bertz CT molecular complexity index is 726. The molecule has 0 saturated heterocycles. The molecule has 0 aliphatic carbocycles. The summed E-state index contributed by atoms with van der Waals surface area (Å²) >= 11 is 1.69.